The predicted octanol–water partition coefficient (Wildman–Crippen LogP) is 4.05. The molecule has 2 aromatic rings. The van der Waals surface area contributed by atoms with Crippen LogP contribution < -0.4 is 4.72 Å². The maximum Gasteiger partial charge on any atom is 0.241 e. The first-order valence-corrected chi connectivity index (χ1v) is 9.75. The Kier molecular flexibility index (Phi) is 4.74. The summed E-state index contributed by atoms with van der Waals surface area (Å²) in [7, 11) is -3.69. The number of fused-ring (bicyclic) bond motifs is 1. The Hall–Kier alpha value is -1.72. The summed E-state index contributed by atoms with van der Waals surface area (Å²) in [5.74, 6) is -0.436. The maximum atomic E-state index is 13.2. The van der Waals surface area contributed by atoms with Crippen molar-refractivity contribution in [3.05, 3.63) is 64.5 Å². The molecule has 1 N–H and O–H groups in total. The van der Waals surface area contributed by atoms with E-state index in [9.17, 15) is 12.8 Å². The van der Waals surface area contributed by atoms with Gasteiger partial charge in [-0.1, -0.05) is 18.2 Å². The van der Waals surface area contributed by atoms with Gasteiger partial charge in [0.2, 0.25) is 10.0 Å². The maximum absolute atomic E-state index is 13.2. The van der Waals surface area contributed by atoms with Crippen LogP contribution in [-0.2, 0) is 22.9 Å². The minimum Gasteiger partial charge on any atom is -0.207 e. The minimum absolute atomic E-state index is 0.119. The predicted molar refractivity (Wildman–Crippen MR) is 93.0 cm³/mol. The zero-order chi connectivity index (χ0) is 17.3. The average molecular weight is 347 g/mol. The quantitative estimate of drug-likeness (QED) is 0.907. The number of halogens is 1. The smallest absolute Gasteiger partial charge is 0.207 e. The molecule has 0 radical (unpaired) electrons. The van der Waals surface area contributed by atoms with Crippen LogP contribution in [0.5, 0.6) is 0 Å². The van der Waals surface area contributed by atoms with Crippen molar-refractivity contribution in [1.82, 2.24) is 4.72 Å². The molecule has 0 saturated heterocycles. The van der Waals surface area contributed by atoms with E-state index >= 15 is 0 Å². The molecule has 1 aliphatic rings. The molecule has 5 heteroatoms. The van der Waals surface area contributed by atoms with Gasteiger partial charge < -0.3 is 0 Å². The molecule has 3 rings (SSSR count). The fraction of sp³-hybridized carbons (Fsp3) is 0.368. The molecule has 3 nitrogen and oxygen atoms in total. The van der Waals surface area contributed by atoms with Crippen LogP contribution in [0.15, 0.2) is 41.3 Å². The molecule has 0 heterocycles. The summed E-state index contributed by atoms with van der Waals surface area (Å²) >= 11 is 0. The molecule has 128 valence electrons. The van der Waals surface area contributed by atoms with E-state index in [0.717, 1.165) is 18.4 Å². The third-order valence-corrected chi connectivity index (χ3v) is 6.33. The van der Waals surface area contributed by atoms with Crippen molar-refractivity contribution < 1.29 is 12.8 Å². The van der Waals surface area contributed by atoms with E-state index in [2.05, 4.69) is 16.9 Å². The molecule has 0 aromatic heterocycles. The van der Waals surface area contributed by atoms with Gasteiger partial charge in [-0.3, -0.25) is 0 Å². The topological polar surface area (TPSA) is 46.2 Å². The van der Waals surface area contributed by atoms with Crippen LogP contribution in [0.3, 0.4) is 0 Å². The van der Waals surface area contributed by atoms with Crippen molar-refractivity contribution in [3.8, 4) is 0 Å². The number of aryl methyl sites for hydroxylation is 3. The molecular weight excluding hydrogens is 325 g/mol. The molecule has 0 bridgehead atoms. The Labute approximate surface area is 143 Å². The van der Waals surface area contributed by atoms with Crippen LogP contribution in [0, 0.1) is 12.7 Å². The van der Waals surface area contributed by atoms with Crippen molar-refractivity contribution in [2.45, 2.75) is 50.5 Å². The first-order chi connectivity index (χ1) is 11.4. The average Bonchev–Trinajstić information content (AvgIpc) is 2.53. The standard InChI is InChI=1S/C19H22FNO2S/c1-13-11-18(20)9-10-19(13)24(22,23)21-14(2)16-8-7-15-5-3-4-6-17(15)12-16/h7-12,14,21H,3-6H2,1-2H3/t14-/m1/s1. The lowest BCUT2D eigenvalue weighted by molar-refractivity contribution is 0.565. The Balaban J connectivity index is 1.84. The third-order valence-electron chi connectivity index (χ3n) is 4.63. The van der Waals surface area contributed by atoms with E-state index in [-0.39, 0.29) is 10.9 Å². The highest BCUT2D eigenvalue weighted by molar-refractivity contribution is 7.89. The van der Waals surface area contributed by atoms with Crippen LogP contribution in [0.2, 0.25) is 0 Å². The van der Waals surface area contributed by atoms with E-state index < -0.39 is 15.8 Å². The van der Waals surface area contributed by atoms with Crippen LogP contribution in [0.25, 0.3) is 0 Å². The number of rotatable bonds is 4. The van der Waals surface area contributed by atoms with Gasteiger partial charge in [-0.05, 0) is 80.0 Å². The fourth-order valence-corrected chi connectivity index (χ4v) is 4.76. The Morgan fingerprint density at radius 2 is 1.75 bits per heavy atom. The van der Waals surface area contributed by atoms with Gasteiger partial charge in [0, 0.05) is 6.04 Å². The third kappa shape index (κ3) is 3.52. The molecule has 0 aliphatic heterocycles. The van der Waals surface area contributed by atoms with Gasteiger partial charge in [0.15, 0.2) is 0 Å². The van der Waals surface area contributed by atoms with E-state index in [4.69, 9.17) is 0 Å². The molecule has 2 aromatic carbocycles. The highest BCUT2D eigenvalue weighted by Crippen LogP contribution is 2.26. The molecule has 0 amide bonds. The molecule has 0 unspecified atom stereocenters. The highest BCUT2D eigenvalue weighted by atomic mass is 32.2. The number of hydrogen-bond donors (Lipinski definition) is 1. The monoisotopic (exact) mass is 347 g/mol. The number of nitrogens with one attached hydrogen (secondary N) is 1. The van der Waals surface area contributed by atoms with E-state index in [0.29, 0.717) is 5.56 Å². The fourth-order valence-electron chi connectivity index (χ4n) is 3.30. The Morgan fingerprint density at radius 1 is 1.04 bits per heavy atom. The van der Waals surface area contributed by atoms with Crippen LogP contribution in [0.4, 0.5) is 4.39 Å². The second-order valence-electron chi connectivity index (χ2n) is 6.49. The molecule has 1 aliphatic carbocycles. The van der Waals surface area contributed by atoms with Crippen LogP contribution in [0.1, 0.15) is 48.1 Å². The van der Waals surface area contributed by atoms with Gasteiger partial charge in [0.05, 0.1) is 4.90 Å². The van der Waals surface area contributed by atoms with Crippen LogP contribution >= 0.6 is 0 Å². The van der Waals surface area contributed by atoms with Gasteiger partial charge in [-0.2, -0.15) is 0 Å². The lowest BCUT2D eigenvalue weighted by Crippen LogP contribution is -2.27. The second-order valence-corrected chi connectivity index (χ2v) is 8.17. The zero-order valence-electron chi connectivity index (χ0n) is 14.0. The van der Waals surface area contributed by atoms with Crippen molar-refractivity contribution in [1.29, 1.82) is 0 Å². The number of benzene rings is 2. The second kappa shape index (κ2) is 6.65. The lowest BCUT2D eigenvalue weighted by Gasteiger charge is -2.20. The van der Waals surface area contributed by atoms with Crippen molar-refractivity contribution >= 4 is 10.0 Å². The summed E-state index contributed by atoms with van der Waals surface area (Å²) < 4.78 is 41.1. The van der Waals surface area contributed by atoms with Crippen molar-refractivity contribution in [2.24, 2.45) is 0 Å². The first kappa shape index (κ1) is 17.1. The van der Waals surface area contributed by atoms with E-state index in [1.54, 1.807) is 6.92 Å². The summed E-state index contributed by atoms with van der Waals surface area (Å²) in [5, 5.41) is 0. The normalized spacial score (nSPS) is 15.8. The van der Waals surface area contributed by atoms with E-state index in [1.165, 1.54) is 42.2 Å². The van der Waals surface area contributed by atoms with Gasteiger partial charge in [-0.25, -0.2) is 17.5 Å². The lowest BCUT2D eigenvalue weighted by atomic mass is 9.89. The number of sulfonamides is 1. The van der Waals surface area contributed by atoms with Crippen molar-refractivity contribution in [2.75, 3.05) is 0 Å². The Morgan fingerprint density at radius 3 is 2.46 bits per heavy atom. The Bertz CT molecular complexity index is 862. The first-order valence-electron chi connectivity index (χ1n) is 8.27. The molecule has 24 heavy (non-hydrogen) atoms. The molecule has 0 spiro atoms. The molecule has 1 atom stereocenters. The largest absolute Gasteiger partial charge is 0.241 e. The summed E-state index contributed by atoms with van der Waals surface area (Å²) in [4.78, 5) is 0.119. The summed E-state index contributed by atoms with van der Waals surface area (Å²) in [5.41, 5.74) is 4.05. The van der Waals surface area contributed by atoms with E-state index in [1.807, 2.05) is 13.0 Å². The van der Waals surface area contributed by atoms with Crippen molar-refractivity contribution in [3.63, 3.8) is 0 Å². The van der Waals surface area contributed by atoms with Gasteiger partial charge >= 0.3 is 0 Å². The summed E-state index contributed by atoms with van der Waals surface area (Å²) in [6.45, 7) is 3.43. The SMILES string of the molecule is Cc1cc(F)ccc1S(=O)(=O)N[C@H](C)c1ccc2c(c1)CCCC2. The molecule has 0 fully saturated rings. The molecule has 0 saturated carbocycles. The highest BCUT2D eigenvalue weighted by Gasteiger charge is 2.21. The number of hydrogen-bond acceptors (Lipinski definition) is 2. The molecular formula is C19H22FNO2S. The summed E-state index contributed by atoms with van der Waals surface area (Å²) in [6.07, 6.45) is 4.56. The minimum atomic E-state index is -3.69. The van der Waals surface area contributed by atoms with Gasteiger partial charge in [0.25, 0.3) is 0 Å². The zero-order valence-corrected chi connectivity index (χ0v) is 14.8. The van der Waals surface area contributed by atoms with Gasteiger partial charge in [-0.15, -0.1) is 0 Å². The summed E-state index contributed by atoms with van der Waals surface area (Å²) in [6, 6.07) is 9.59. The van der Waals surface area contributed by atoms with Gasteiger partial charge in [0.1, 0.15) is 5.82 Å². The van der Waals surface area contributed by atoms with Crippen LogP contribution in [-0.4, -0.2) is 8.42 Å².